The Morgan fingerprint density at radius 2 is 1.83 bits per heavy atom. The molecule has 1 saturated carbocycles. The van der Waals surface area contributed by atoms with Gasteiger partial charge >= 0.3 is 0 Å². The maximum Gasteiger partial charge on any atom is 0.264 e. The second-order valence-corrected chi connectivity index (χ2v) is 7.86. The molecule has 4 rings (SSSR count). The molecule has 1 aromatic heterocycles. The Morgan fingerprint density at radius 3 is 2.54 bits per heavy atom. The molecule has 1 aromatic carbocycles. The summed E-state index contributed by atoms with van der Waals surface area (Å²) in [5.74, 6) is 1.12. The normalized spacial score (nSPS) is 18.8. The number of hydrogen-bond acceptors (Lipinski definition) is 3. The van der Waals surface area contributed by atoms with Crippen molar-refractivity contribution in [3.05, 3.63) is 46.7 Å². The monoisotopic (exact) mass is 340 g/mol. The zero-order valence-corrected chi connectivity index (χ0v) is 14.7. The first-order chi connectivity index (χ1) is 11.8. The van der Waals surface area contributed by atoms with E-state index in [0.29, 0.717) is 6.04 Å². The lowest BCUT2D eigenvalue weighted by Gasteiger charge is -2.32. The molecular weight excluding hydrogens is 316 g/mol. The van der Waals surface area contributed by atoms with E-state index in [9.17, 15) is 4.79 Å². The molecule has 0 atom stereocenters. The van der Waals surface area contributed by atoms with Crippen molar-refractivity contribution in [3.8, 4) is 11.1 Å². The summed E-state index contributed by atoms with van der Waals surface area (Å²) in [6.07, 6.45) is 4.94. The van der Waals surface area contributed by atoms with Crippen LogP contribution in [0.1, 0.15) is 35.4 Å². The number of hydrogen-bond donors (Lipinski definition) is 1. The molecule has 1 amide bonds. The molecule has 0 radical (unpaired) electrons. The summed E-state index contributed by atoms with van der Waals surface area (Å²) in [5, 5.41) is 5.71. The zero-order chi connectivity index (χ0) is 16.4. The Kier molecular flexibility index (Phi) is 4.67. The smallest absolute Gasteiger partial charge is 0.264 e. The summed E-state index contributed by atoms with van der Waals surface area (Å²) >= 11 is 1.56. The number of carbonyl (C=O) groups excluding carboxylic acids is 1. The van der Waals surface area contributed by atoms with E-state index in [-0.39, 0.29) is 5.91 Å². The van der Waals surface area contributed by atoms with Gasteiger partial charge in [-0.25, -0.2) is 0 Å². The van der Waals surface area contributed by atoms with Crippen LogP contribution in [0, 0.1) is 5.92 Å². The van der Waals surface area contributed by atoms with E-state index < -0.39 is 0 Å². The number of carbonyl (C=O) groups is 1. The standard InChI is InChI=1S/C20H24N2OS/c23-20(19-18(10-13-24-19)16-4-2-1-3-5-16)22-11-8-17(9-12-22)21-14-15-6-7-15/h1-5,10,13,15,17,21H,6-9,11-12,14H2. The van der Waals surface area contributed by atoms with E-state index in [1.807, 2.05) is 28.5 Å². The fourth-order valence-electron chi connectivity index (χ4n) is 3.41. The minimum atomic E-state index is 0.199. The summed E-state index contributed by atoms with van der Waals surface area (Å²) in [5.41, 5.74) is 2.20. The van der Waals surface area contributed by atoms with Gasteiger partial charge in [-0.05, 0) is 55.2 Å². The van der Waals surface area contributed by atoms with E-state index in [1.54, 1.807) is 11.3 Å². The lowest BCUT2D eigenvalue weighted by Crippen LogP contribution is -2.45. The Bertz CT molecular complexity index is 685. The summed E-state index contributed by atoms with van der Waals surface area (Å²) in [6.45, 7) is 2.91. The van der Waals surface area contributed by atoms with Crippen LogP contribution in [0.15, 0.2) is 41.8 Å². The summed E-state index contributed by atoms with van der Waals surface area (Å²) in [6, 6.07) is 12.9. The number of likely N-dealkylation sites (tertiary alicyclic amines) is 1. The third-order valence-electron chi connectivity index (χ3n) is 5.12. The van der Waals surface area contributed by atoms with Crippen molar-refractivity contribution in [3.63, 3.8) is 0 Å². The van der Waals surface area contributed by atoms with E-state index in [4.69, 9.17) is 0 Å². The highest BCUT2D eigenvalue weighted by molar-refractivity contribution is 7.12. The molecule has 2 heterocycles. The molecule has 4 heteroatoms. The van der Waals surface area contributed by atoms with Crippen LogP contribution in [-0.2, 0) is 0 Å². The van der Waals surface area contributed by atoms with Gasteiger partial charge in [-0.1, -0.05) is 30.3 Å². The average Bonchev–Trinajstić information content (AvgIpc) is 3.34. The number of benzene rings is 1. The van der Waals surface area contributed by atoms with Gasteiger partial charge in [0.25, 0.3) is 5.91 Å². The van der Waals surface area contributed by atoms with Crippen molar-refractivity contribution in [2.24, 2.45) is 5.92 Å². The fourth-order valence-corrected chi connectivity index (χ4v) is 4.29. The van der Waals surface area contributed by atoms with E-state index in [1.165, 1.54) is 19.4 Å². The minimum absolute atomic E-state index is 0.199. The molecule has 3 nitrogen and oxygen atoms in total. The minimum Gasteiger partial charge on any atom is -0.338 e. The second-order valence-electron chi connectivity index (χ2n) is 6.95. The first kappa shape index (κ1) is 15.9. The molecule has 1 saturated heterocycles. The highest BCUT2D eigenvalue weighted by atomic mass is 32.1. The van der Waals surface area contributed by atoms with Gasteiger partial charge in [0.1, 0.15) is 0 Å². The van der Waals surface area contributed by atoms with E-state index in [2.05, 4.69) is 23.5 Å². The van der Waals surface area contributed by atoms with Gasteiger partial charge in [0, 0.05) is 24.7 Å². The SMILES string of the molecule is O=C(c1sccc1-c1ccccc1)N1CCC(NCC2CC2)CC1. The molecule has 0 spiro atoms. The van der Waals surface area contributed by atoms with Crippen molar-refractivity contribution in [2.45, 2.75) is 31.7 Å². The van der Waals surface area contributed by atoms with Crippen LogP contribution < -0.4 is 5.32 Å². The maximum absolute atomic E-state index is 13.0. The molecule has 0 bridgehead atoms. The molecule has 1 N–H and O–H groups in total. The zero-order valence-electron chi connectivity index (χ0n) is 13.9. The molecule has 2 fully saturated rings. The van der Waals surface area contributed by atoms with Crippen molar-refractivity contribution in [1.82, 2.24) is 10.2 Å². The van der Waals surface area contributed by atoms with Gasteiger partial charge in [0.2, 0.25) is 0 Å². The van der Waals surface area contributed by atoms with Crippen molar-refractivity contribution < 1.29 is 4.79 Å². The number of piperidine rings is 1. The van der Waals surface area contributed by atoms with Crippen LogP contribution in [0.25, 0.3) is 11.1 Å². The van der Waals surface area contributed by atoms with Crippen LogP contribution >= 0.6 is 11.3 Å². The number of nitrogens with one attached hydrogen (secondary N) is 1. The van der Waals surface area contributed by atoms with E-state index >= 15 is 0 Å². The number of nitrogens with zero attached hydrogens (tertiary/aromatic N) is 1. The Morgan fingerprint density at radius 1 is 1.08 bits per heavy atom. The Hall–Kier alpha value is -1.65. The predicted octanol–water partition coefficient (Wildman–Crippen LogP) is 4.02. The van der Waals surface area contributed by atoms with Gasteiger partial charge in [-0.2, -0.15) is 0 Å². The molecule has 24 heavy (non-hydrogen) atoms. The highest BCUT2D eigenvalue weighted by Gasteiger charge is 2.27. The van der Waals surface area contributed by atoms with Gasteiger partial charge < -0.3 is 10.2 Å². The van der Waals surface area contributed by atoms with Crippen LogP contribution in [0.3, 0.4) is 0 Å². The fraction of sp³-hybridized carbons (Fsp3) is 0.450. The van der Waals surface area contributed by atoms with Crippen LogP contribution in [-0.4, -0.2) is 36.5 Å². The third-order valence-corrected chi connectivity index (χ3v) is 6.02. The average molecular weight is 340 g/mol. The van der Waals surface area contributed by atoms with Gasteiger partial charge in [0.05, 0.1) is 4.88 Å². The number of thiophene rings is 1. The lowest BCUT2D eigenvalue weighted by atomic mass is 10.0. The predicted molar refractivity (Wildman–Crippen MR) is 99.4 cm³/mol. The largest absolute Gasteiger partial charge is 0.338 e. The van der Waals surface area contributed by atoms with Crippen LogP contribution in [0.5, 0.6) is 0 Å². The number of amides is 1. The summed E-state index contributed by atoms with van der Waals surface area (Å²) in [7, 11) is 0. The molecule has 1 aliphatic carbocycles. The molecule has 0 unspecified atom stereocenters. The first-order valence-corrected chi connectivity index (χ1v) is 9.85. The Labute approximate surface area is 147 Å². The summed E-state index contributed by atoms with van der Waals surface area (Å²) < 4.78 is 0. The van der Waals surface area contributed by atoms with Gasteiger partial charge in [-0.15, -0.1) is 11.3 Å². The van der Waals surface area contributed by atoms with E-state index in [0.717, 1.165) is 47.9 Å². The first-order valence-electron chi connectivity index (χ1n) is 8.97. The van der Waals surface area contributed by atoms with Crippen molar-refractivity contribution in [2.75, 3.05) is 19.6 Å². The number of rotatable bonds is 5. The maximum atomic E-state index is 13.0. The van der Waals surface area contributed by atoms with Gasteiger partial charge in [0.15, 0.2) is 0 Å². The van der Waals surface area contributed by atoms with Crippen LogP contribution in [0.2, 0.25) is 0 Å². The summed E-state index contributed by atoms with van der Waals surface area (Å²) in [4.78, 5) is 15.9. The molecular formula is C20H24N2OS. The van der Waals surface area contributed by atoms with Crippen molar-refractivity contribution >= 4 is 17.2 Å². The van der Waals surface area contributed by atoms with Gasteiger partial charge in [-0.3, -0.25) is 4.79 Å². The van der Waals surface area contributed by atoms with Crippen molar-refractivity contribution in [1.29, 1.82) is 0 Å². The topological polar surface area (TPSA) is 32.3 Å². The lowest BCUT2D eigenvalue weighted by molar-refractivity contribution is 0.0710. The molecule has 2 aromatic rings. The molecule has 1 aliphatic heterocycles. The molecule has 126 valence electrons. The quantitative estimate of drug-likeness (QED) is 0.891. The Balaban J connectivity index is 1.39. The molecule has 2 aliphatic rings. The third kappa shape index (κ3) is 3.55. The van der Waals surface area contributed by atoms with Crippen LogP contribution in [0.4, 0.5) is 0 Å². The second kappa shape index (κ2) is 7.08. The highest BCUT2D eigenvalue weighted by Crippen LogP contribution is 2.30.